The predicted molar refractivity (Wildman–Crippen MR) is 168 cm³/mol. The Bertz CT molecular complexity index is 1360. The van der Waals surface area contributed by atoms with Crippen molar-refractivity contribution in [3.05, 3.63) is 35.9 Å². The molecule has 3 saturated heterocycles. The lowest BCUT2D eigenvalue weighted by molar-refractivity contribution is -0.199. The van der Waals surface area contributed by atoms with E-state index in [1.807, 2.05) is 30.3 Å². The van der Waals surface area contributed by atoms with E-state index < -0.39 is 42.1 Å². The molecule has 0 aromatic heterocycles. The maximum absolute atomic E-state index is 13.9. The maximum atomic E-state index is 13.9. The molecule has 2 bridgehead atoms. The summed E-state index contributed by atoms with van der Waals surface area (Å²) in [7, 11) is -0.630. The lowest BCUT2D eigenvalue weighted by Crippen LogP contribution is -2.65. The van der Waals surface area contributed by atoms with E-state index in [9.17, 15) is 23.6 Å². The molecule has 0 spiro atoms. The summed E-state index contributed by atoms with van der Waals surface area (Å²) >= 11 is 0. The van der Waals surface area contributed by atoms with Crippen LogP contribution in [0.25, 0.3) is 0 Å². The van der Waals surface area contributed by atoms with Crippen molar-refractivity contribution in [2.45, 2.75) is 108 Å². The smallest absolute Gasteiger partial charge is 0.447 e. The second kappa shape index (κ2) is 12.0. The number of nitriles is 1. The summed E-state index contributed by atoms with van der Waals surface area (Å²) in [6.07, 6.45) is 2.48. The molecule has 12 heteroatoms. The number of likely N-dealkylation sites (tertiary alicyclic amines) is 2. The Morgan fingerprint density at radius 1 is 1.20 bits per heavy atom. The van der Waals surface area contributed by atoms with Crippen LogP contribution >= 0.6 is 0 Å². The van der Waals surface area contributed by atoms with Crippen molar-refractivity contribution >= 4 is 19.1 Å². The number of rotatable bonds is 10. The fraction of sp³-hybridized carbons (Fsp3) is 0.735. The van der Waals surface area contributed by atoms with Gasteiger partial charge in [0, 0.05) is 25.0 Å². The molecule has 9 nitrogen and oxygen atoms in total. The van der Waals surface area contributed by atoms with Crippen molar-refractivity contribution in [1.29, 1.82) is 5.26 Å². The molecular formula is C34H47BF2N4O5. The summed E-state index contributed by atoms with van der Waals surface area (Å²) in [6, 6.07) is 11.6. The van der Waals surface area contributed by atoms with Gasteiger partial charge < -0.3 is 24.3 Å². The second-order valence-corrected chi connectivity index (χ2v) is 15.6. The molecule has 3 saturated carbocycles. The standard InChI is InChI=1S/C34H47BF2N4O5/c1-31(2,40-14-12-34(36,37)21-40)18-23(19-38)29(42)41-13-11-25(41)20-44-30(43)39-28(15-22-9-7-6-8-10-22)35-45-27-17-24-16-26(32(24,3)4)33(27,5)46-35/h6-10,23-28H,11-18,20-21H2,1-5H3,(H,39,43)/t23?,24-,25+,26-,27+,28-,33-/m0/s1. The number of benzene rings is 1. The van der Waals surface area contributed by atoms with Gasteiger partial charge in [0.2, 0.25) is 5.91 Å². The Morgan fingerprint density at radius 3 is 2.54 bits per heavy atom. The van der Waals surface area contributed by atoms with Crippen molar-refractivity contribution in [2.24, 2.45) is 23.2 Å². The molecule has 3 aliphatic heterocycles. The molecular weight excluding hydrogens is 593 g/mol. The number of nitrogens with zero attached hydrogens (tertiary/aromatic N) is 3. The number of halogens is 2. The first kappa shape index (κ1) is 33.2. The predicted octanol–water partition coefficient (Wildman–Crippen LogP) is 4.84. The summed E-state index contributed by atoms with van der Waals surface area (Å²) in [6.45, 7) is 10.7. The molecule has 46 heavy (non-hydrogen) atoms. The van der Waals surface area contributed by atoms with E-state index in [4.69, 9.17) is 14.0 Å². The Morgan fingerprint density at radius 2 is 1.93 bits per heavy atom. The van der Waals surface area contributed by atoms with Crippen molar-refractivity contribution in [2.75, 3.05) is 26.2 Å². The highest BCUT2D eigenvalue weighted by atomic mass is 19.3. The molecule has 1 N–H and O–H groups in total. The molecule has 7 rings (SSSR count). The minimum Gasteiger partial charge on any atom is -0.447 e. The van der Waals surface area contributed by atoms with E-state index in [0.717, 1.165) is 18.4 Å². The lowest BCUT2D eigenvalue weighted by atomic mass is 9.43. The fourth-order valence-electron chi connectivity index (χ4n) is 8.69. The molecule has 2 amide bonds. The van der Waals surface area contributed by atoms with Crippen LogP contribution in [0.4, 0.5) is 13.6 Å². The van der Waals surface area contributed by atoms with Gasteiger partial charge in [0.25, 0.3) is 5.92 Å². The first-order valence-corrected chi connectivity index (χ1v) is 16.8. The number of ether oxygens (including phenoxy) is 1. The number of hydrogen-bond donors (Lipinski definition) is 1. The van der Waals surface area contributed by atoms with Crippen LogP contribution in [0.1, 0.15) is 72.3 Å². The van der Waals surface area contributed by atoms with E-state index in [1.54, 1.807) is 23.6 Å². The third-order valence-corrected chi connectivity index (χ3v) is 11.9. The number of carbonyl (C=O) groups is 2. The van der Waals surface area contributed by atoms with Gasteiger partial charge in [-0.25, -0.2) is 13.6 Å². The molecule has 3 heterocycles. The third kappa shape index (κ3) is 6.15. The van der Waals surface area contributed by atoms with Crippen molar-refractivity contribution in [1.82, 2.24) is 15.1 Å². The van der Waals surface area contributed by atoms with E-state index in [1.165, 1.54) is 0 Å². The lowest BCUT2D eigenvalue weighted by Gasteiger charge is -2.64. The van der Waals surface area contributed by atoms with Gasteiger partial charge in [-0.15, -0.1) is 0 Å². The molecule has 1 aromatic rings. The highest BCUT2D eigenvalue weighted by molar-refractivity contribution is 6.47. The molecule has 1 aromatic carbocycles. The van der Waals surface area contributed by atoms with Crippen LogP contribution in [0, 0.1) is 34.5 Å². The number of carbonyl (C=O) groups excluding carboxylic acids is 2. The Hall–Kier alpha value is -2.75. The Kier molecular flexibility index (Phi) is 8.69. The average Bonchev–Trinajstić information content (AvgIpc) is 3.54. The SMILES string of the molecule is CC1(C)[C@@H]2C[C@H]3OB([C@H](Cc4ccccc4)NC(=O)OC[C@H]4CCN4C(=O)C(C#N)CC(C)(C)N4CCC(F)(F)C4)O[C@@]3(C)[C@H]1C2. The summed E-state index contributed by atoms with van der Waals surface area (Å²) in [5.41, 5.74) is 0.0662. The van der Waals surface area contributed by atoms with Crippen molar-refractivity contribution in [3.63, 3.8) is 0 Å². The van der Waals surface area contributed by atoms with Crippen molar-refractivity contribution < 1.29 is 32.4 Å². The topological polar surface area (TPSA) is 104 Å². The molecule has 6 fully saturated rings. The highest BCUT2D eigenvalue weighted by Crippen LogP contribution is 2.65. The Labute approximate surface area is 271 Å². The molecule has 6 aliphatic rings. The minimum atomic E-state index is -2.76. The van der Waals surface area contributed by atoms with E-state index in [2.05, 4.69) is 32.2 Å². The first-order chi connectivity index (χ1) is 21.6. The summed E-state index contributed by atoms with van der Waals surface area (Å²) < 4.78 is 46.6. The number of hydrogen-bond acceptors (Lipinski definition) is 7. The van der Waals surface area contributed by atoms with Gasteiger partial charge in [0.15, 0.2) is 0 Å². The van der Waals surface area contributed by atoms with Gasteiger partial charge in [-0.1, -0.05) is 44.2 Å². The normalized spacial score (nSPS) is 32.4. The van der Waals surface area contributed by atoms with Gasteiger partial charge >= 0.3 is 13.2 Å². The third-order valence-electron chi connectivity index (χ3n) is 11.9. The molecule has 3 aliphatic carbocycles. The second-order valence-electron chi connectivity index (χ2n) is 15.6. The first-order valence-electron chi connectivity index (χ1n) is 16.8. The van der Waals surface area contributed by atoms with Crippen LogP contribution < -0.4 is 5.32 Å². The fourth-order valence-corrected chi connectivity index (χ4v) is 8.69. The maximum Gasteiger partial charge on any atom is 0.482 e. The number of nitrogens with one attached hydrogen (secondary N) is 1. The summed E-state index contributed by atoms with van der Waals surface area (Å²) in [4.78, 5) is 29.8. The van der Waals surface area contributed by atoms with Gasteiger partial charge in [0.1, 0.15) is 12.5 Å². The zero-order chi connectivity index (χ0) is 33.1. The van der Waals surface area contributed by atoms with E-state index >= 15 is 0 Å². The number of alkyl carbamates (subject to hydrolysis) is 1. The van der Waals surface area contributed by atoms with Gasteiger partial charge in [-0.3, -0.25) is 9.69 Å². The van der Waals surface area contributed by atoms with Crippen LogP contribution in [0.2, 0.25) is 0 Å². The van der Waals surface area contributed by atoms with Gasteiger partial charge in [-0.2, -0.15) is 5.26 Å². The van der Waals surface area contributed by atoms with Gasteiger partial charge in [-0.05, 0) is 75.7 Å². The molecule has 0 radical (unpaired) electrons. The van der Waals surface area contributed by atoms with Crippen LogP contribution in [-0.4, -0.2) is 90.3 Å². The number of amides is 2. The quantitative estimate of drug-likeness (QED) is 0.365. The molecule has 7 atom stereocenters. The highest BCUT2D eigenvalue weighted by Gasteiger charge is 2.68. The van der Waals surface area contributed by atoms with Crippen LogP contribution in [0.3, 0.4) is 0 Å². The van der Waals surface area contributed by atoms with Crippen LogP contribution in [-0.2, 0) is 25.3 Å². The van der Waals surface area contributed by atoms with Crippen LogP contribution in [0.5, 0.6) is 0 Å². The summed E-state index contributed by atoms with van der Waals surface area (Å²) in [5, 5.41) is 12.9. The average molecular weight is 641 g/mol. The van der Waals surface area contributed by atoms with E-state index in [-0.39, 0.29) is 56.0 Å². The summed E-state index contributed by atoms with van der Waals surface area (Å²) in [5.74, 6) is -3.58. The van der Waals surface area contributed by atoms with E-state index in [0.29, 0.717) is 31.2 Å². The van der Waals surface area contributed by atoms with Crippen molar-refractivity contribution in [3.8, 4) is 6.07 Å². The Balaban J connectivity index is 1.05. The van der Waals surface area contributed by atoms with Crippen LogP contribution in [0.15, 0.2) is 30.3 Å². The van der Waals surface area contributed by atoms with Gasteiger partial charge in [0.05, 0.1) is 36.3 Å². The zero-order valence-electron chi connectivity index (χ0n) is 27.6. The molecule has 250 valence electrons. The minimum absolute atomic E-state index is 0.0137. The zero-order valence-corrected chi connectivity index (χ0v) is 27.6. The molecule has 1 unspecified atom stereocenters. The largest absolute Gasteiger partial charge is 0.482 e. The monoisotopic (exact) mass is 640 g/mol. The number of alkyl halides is 2.